The molecular formula is C24H42O2S. The molecule has 0 saturated heterocycles. The summed E-state index contributed by atoms with van der Waals surface area (Å²) in [7, 11) is 0. The highest BCUT2D eigenvalue weighted by atomic mass is 32.1. The molecule has 3 saturated carbocycles. The highest BCUT2D eigenvalue weighted by molar-refractivity contribution is 7.81. The summed E-state index contributed by atoms with van der Waals surface area (Å²) in [6.45, 7) is 6.95. The first-order chi connectivity index (χ1) is 12.9. The molecule has 3 aliphatic carbocycles. The van der Waals surface area contributed by atoms with E-state index in [0.717, 1.165) is 43.4 Å². The summed E-state index contributed by atoms with van der Waals surface area (Å²) in [6.07, 6.45) is 15.3. The van der Waals surface area contributed by atoms with Crippen molar-refractivity contribution in [2.75, 3.05) is 0 Å². The van der Waals surface area contributed by atoms with E-state index in [1.165, 1.54) is 51.4 Å². The molecule has 0 N–H and O–H groups in total. The number of esters is 1. The minimum absolute atomic E-state index is 0.0263. The number of ether oxygens (including phenoxy) is 1. The fraction of sp³-hybridized carbons (Fsp3) is 0.958. The predicted molar refractivity (Wildman–Crippen MR) is 116 cm³/mol. The summed E-state index contributed by atoms with van der Waals surface area (Å²) in [6, 6.07) is 0. The highest BCUT2D eigenvalue weighted by Crippen LogP contribution is 2.38. The summed E-state index contributed by atoms with van der Waals surface area (Å²) >= 11 is 4.77. The number of carbonyl (C=O) groups is 1. The van der Waals surface area contributed by atoms with E-state index in [9.17, 15) is 4.79 Å². The van der Waals surface area contributed by atoms with Crippen LogP contribution in [0.5, 0.6) is 0 Å². The quantitative estimate of drug-likeness (QED) is 0.416. The van der Waals surface area contributed by atoms with E-state index in [-0.39, 0.29) is 23.2 Å². The predicted octanol–water partition coefficient (Wildman–Crippen LogP) is 6.68. The van der Waals surface area contributed by atoms with Gasteiger partial charge in [0.05, 0.1) is 5.92 Å². The second-order valence-corrected chi connectivity index (χ2v) is 10.9. The van der Waals surface area contributed by atoms with Crippen LogP contribution >= 0.6 is 12.6 Å². The van der Waals surface area contributed by atoms with Crippen molar-refractivity contribution >= 4 is 18.6 Å². The van der Waals surface area contributed by atoms with Crippen molar-refractivity contribution in [2.45, 2.75) is 109 Å². The lowest BCUT2D eigenvalue weighted by Crippen LogP contribution is -2.41. The molecule has 0 aromatic heterocycles. The van der Waals surface area contributed by atoms with Crippen LogP contribution in [0, 0.1) is 35.5 Å². The van der Waals surface area contributed by atoms with Crippen LogP contribution in [0.1, 0.15) is 97.8 Å². The van der Waals surface area contributed by atoms with Crippen LogP contribution < -0.4 is 0 Å². The van der Waals surface area contributed by atoms with Gasteiger partial charge in [-0.05, 0) is 68.1 Å². The van der Waals surface area contributed by atoms with Crippen molar-refractivity contribution in [3.63, 3.8) is 0 Å². The third-order valence-electron chi connectivity index (χ3n) is 8.29. The molecule has 3 rings (SSSR count). The van der Waals surface area contributed by atoms with Crippen LogP contribution in [0.4, 0.5) is 0 Å². The van der Waals surface area contributed by atoms with E-state index in [2.05, 4.69) is 20.8 Å². The number of thiol groups is 1. The Hall–Kier alpha value is -0.180. The fourth-order valence-corrected chi connectivity index (χ4v) is 6.19. The lowest BCUT2D eigenvalue weighted by Gasteiger charge is -2.38. The third-order valence-corrected chi connectivity index (χ3v) is 9.09. The van der Waals surface area contributed by atoms with Crippen molar-refractivity contribution in [1.82, 2.24) is 0 Å². The van der Waals surface area contributed by atoms with Crippen molar-refractivity contribution in [3.05, 3.63) is 0 Å². The van der Waals surface area contributed by atoms with Crippen molar-refractivity contribution < 1.29 is 9.53 Å². The largest absolute Gasteiger partial charge is 0.461 e. The Morgan fingerprint density at radius 2 is 1.37 bits per heavy atom. The molecule has 0 aromatic rings. The van der Waals surface area contributed by atoms with Crippen molar-refractivity contribution in [1.29, 1.82) is 0 Å². The molecule has 3 fully saturated rings. The van der Waals surface area contributed by atoms with Gasteiger partial charge in [0.2, 0.25) is 0 Å². The lowest BCUT2D eigenvalue weighted by molar-refractivity contribution is -0.157. The Bertz CT molecular complexity index is 463. The summed E-state index contributed by atoms with van der Waals surface area (Å²) in [5, 5.41) is 0.201. The van der Waals surface area contributed by atoms with Crippen LogP contribution in [0.2, 0.25) is 0 Å². The number of hydrogen-bond acceptors (Lipinski definition) is 3. The monoisotopic (exact) mass is 394 g/mol. The average molecular weight is 395 g/mol. The van der Waals surface area contributed by atoms with E-state index in [0.29, 0.717) is 11.8 Å². The van der Waals surface area contributed by atoms with Gasteiger partial charge in [-0.15, -0.1) is 0 Å². The van der Waals surface area contributed by atoms with E-state index in [4.69, 9.17) is 17.4 Å². The smallest absolute Gasteiger partial charge is 0.309 e. The fourth-order valence-electron chi connectivity index (χ4n) is 5.69. The number of rotatable bonds is 5. The summed E-state index contributed by atoms with van der Waals surface area (Å²) in [4.78, 5) is 12.7. The lowest BCUT2D eigenvalue weighted by atomic mass is 9.76. The number of hydrogen-bond donors (Lipinski definition) is 1. The average Bonchev–Trinajstić information content (AvgIpc) is 2.68. The van der Waals surface area contributed by atoms with Crippen molar-refractivity contribution in [2.24, 2.45) is 35.5 Å². The van der Waals surface area contributed by atoms with Gasteiger partial charge in [-0.1, -0.05) is 59.3 Å². The van der Waals surface area contributed by atoms with Gasteiger partial charge in [-0.3, -0.25) is 4.79 Å². The minimum atomic E-state index is 0.0263. The van der Waals surface area contributed by atoms with Crippen LogP contribution in [0.15, 0.2) is 0 Å². The molecule has 0 aromatic carbocycles. The second kappa shape index (κ2) is 10.0. The van der Waals surface area contributed by atoms with Crippen molar-refractivity contribution in [3.8, 4) is 0 Å². The first kappa shape index (κ1) is 21.5. The molecular weight excluding hydrogens is 352 g/mol. The molecule has 3 heteroatoms. The molecule has 27 heavy (non-hydrogen) atoms. The van der Waals surface area contributed by atoms with Gasteiger partial charge < -0.3 is 4.74 Å². The molecule has 3 aliphatic rings. The Balaban J connectivity index is 1.35. The Labute approximate surface area is 173 Å². The molecule has 0 amide bonds. The van der Waals surface area contributed by atoms with E-state index in [1.807, 2.05) is 0 Å². The van der Waals surface area contributed by atoms with Gasteiger partial charge in [-0.2, -0.15) is 12.6 Å². The van der Waals surface area contributed by atoms with Crippen LogP contribution in [0.25, 0.3) is 0 Å². The molecule has 0 aliphatic heterocycles. The third kappa shape index (κ3) is 5.90. The van der Waals surface area contributed by atoms with Gasteiger partial charge in [-0.25, -0.2) is 0 Å². The normalized spacial score (nSPS) is 43.3. The Morgan fingerprint density at radius 3 is 1.96 bits per heavy atom. The van der Waals surface area contributed by atoms with E-state index in [1.54, 1.807) is 0 Å². The molecule has 0 spiro atoms. The molecule has 2 nitrogen and oxygen atoms in total. The van der Waals surface area contributed by atoms with Gasteiger partial charge in [0, 0.05) is 5.25 Å². The first-order valence-electron chi connectivity index (χ1n) is 11.8. The van der Waals surface area contributed by atoms with E-state index < -0.39 is 0 Å². The summed E-state index contributed by atoms with van der Waals surface area (Å²) in [5.41, 5.74) is 0. The summed E-state index contributed by atoms with van der Waals surface area (Å²) < 4.78 is 5.95. The summed E-state index contributed by atoms with van der Waals surface area (Å²) in [5.74, 6) is 4.21. The highest BCUT2D eigenvalue weighted by Gasteiger charge is 2.37. The SMILES string of the molecule is CC1CCC(CCC2CCC(C(=O)OC3CCC(C)C(C)C3S)CC2)CC1. The van der Waals surface area contributed by atoms with Crippen LogP contribution in [-0.2, 0) is 9.53 Å². The zero-order chi connectivity index (χ0) is 19.4. The zero-order valence-electron chi connectivity index (χ0n) is 17.9. The van der Waals surface area contributed by atoms with Gasteiger partial charge in [0.25, 0.3) is 0 Å². The maximum absolute atomic E-state index is 12.7. The van der Waals surface area contributed by atoms with Gasteiger partial charge in [0.1, 0.15) is 6.10 Å². The molecule has 156 valence electrons. The Kier molecular flexibility index (Phi) is 8.00. The minimum Gasteiger partial charge on any atom is -0.461 e. The Morgan fingerprint density at radius 1 is 0.815 bits per heavy atom. The maximum Gasteiger partial charge on any atom is 0.309 e. The topological polar surface area (TPSA) is 26.3 Å². The second-order valence-electron chi connectivity index (χ2n) is 10.3. The standard InChI is InChI=1S/C24H42O2S/c1-16-4-7-19(8-5-16)9-10-20-11-13-21(14-12-20)24(25)26-22-15-6-17(2)18(3)23(22)27/h16-23,27H,4-15H2,1-3H3. The van der Waals surface area contributed by atoms with Gasteiger partial charge >= 0.3 is 5.97 Å². The maximum atomic E-state index is 12.7. The first-order valence-corrected chi connectivity index (χ1v) is 12.3. The molecule has 4 atom stereocenters. The molecule has 0 radical (unpaired) electrons. The van der Waals surface area contributed by atoms with Crippen LogP contribution in [-0.4, -0.2) is 17.3 Å². The van der Waals surface area contributed by atoms with Gasteiger partial charge in [0.15, 0.2) is 0 Å². The zero-order valence-corrected chi connectivity index (χ0v) is 18.8. The van der Waals surface area contributed by atoms with E-state index >= 15 is 0 Å². The molecule has 0 bridgehead atoms. The molecule has 4 unspecified atom stereocenters. The number of carbonyl (C=O) groups excluding carboxylic acids is 1. The van der Waals surface area contributed by atoms with Crippen LogP contribution in [0.3, 0.4) is 0 Å². The molecule has 0 heterocycles.